The standard InChI is InChI=1S/C13H13F2N3O/c1-19-11-5-4-8(7-10(11)15)12(18-16)13-9(14)3-2-6-17-13/h2-7,12,18H,16H2,1H3. The quantitative estimate of drug-likeness (QED) is 0.655. The molecule has 2 rings (SSSR count). The van der Waals surface area contributed by atoms with E-state index in [0.717, 1.165) is 0 Å². The van der Waals surface area contributed by atoms with Crippen molar-refractivity contribution in [2.75, 3.05) is 7.11 Å². The van der Waals surface area contributed by atoms with Crippen molar-refractivity contribution < 1.29 is 13.5 Å². The Morgan fingerprint density at radius 1 is 1.26 bits per heavy atom. The van der Waals surface area contributed by atoms with Gasteiger partial charge in [-0.3, -0.25) is 10.8 Å². The van der Waals surface area contributed by atoms with Crippen LogP contribution in [0, 0.1) is 11.6 Å². The summed E-state index contributed by atoms with van der Waals surface area (Å²) in [6.07, 6.45) is 1.45. The summed E-state index contributed by atoms with van der Waals surface area (Å²) in [5.41, 5.74) is 2.99. The van der Waals surface area contributed by atoms with E-state index in [9.17, 15) is 8.78 Å². The highest BCUT2D eigenvalue weighted by Gasteiger charge is 2.19. The molecule has 0 spiro atoms. The molecule has 0 aliphatic rings. The van der Waals surface area contributed by atoms with Gasteiger partial charge in [0.2, 0.25) is 0 Å². The molecule has 0 fully saturated rings. The number of aromatic nitrogens is 1. The lowest BCUT2D eigenvalue weighted by atomic mass is 10.0. The van der Waals surface area contributed by atoms with Crippen LogP contribution in [0.4, 0.5) is 8.78 Å². The topological polar surface area (TPSA) is 60.2 Å². The zero-order chi connectivity index (χ0) is 13.8. The molecule has 1 unspecified atom stereocenters. The first kappa shape index (κ1) is 13.4. The van der Waals surface area contributed by atoms with Crippen molar-refractivity contribution in [2.24, 2.45) is 5.84 Å². The van der Waals surface area contributed by atoms with Crippen molar-refractivity contribution in [2.45, 2.75) is 6.04 Å². The van der Waals surface area contributed by atoms with E-state index in [4.69, 9.17) is 10.6 Å². The number of methoxy groups -OCH3 is 1. The number of nitrogens with one attached hydrogen (secondary N) is 1. The Hall–Kier alpha value is -2.05. The Morgan fingerprint density at radius 2 is 2.05 bits per heavy atom. The van der Waals surface area contributed by atoms with E-state index in [1.807, 2.05) is 0 Å². The molecule has 2 aromatic rings. The smallest absolute Gasteiger partial charge is 0.165 e. The number of hydrogen-bond acceptors (Lipinski definition) is 4. The lowest BCUT2D eigenvalue weighted by molar-refractivity contribution is 0.385. The van der Waals surface area contributed by atoms with Gasteiger partial charge in [0.1, 0.15) is 5.82 Å². The van der Waals surface area contributed by atoms with E-state index >= 15 is 0 Å². The van der Waals surface area contributed by atoms with Gasteiger partial charge in [-0.15, -0.1) is 0 Å². The van der Waals surface area contributed by atoms with Gasteiger partial charge in [0.15, 0.2) is 11.6 Å². The second-order valence-electron chi connectivity index (χ2n) is 3.86. The van der Waals surface area contributed by atoms with E-state index < -0.39 is 17.7 Å². The molecule has 0 aliphatic carbocycles. The molecule has 100 valence electrons. The Balaban J connectivity index is 2.43. The number of rotatable bonds is 4. The maximum atomic E-state index is 13.7. The molecular formula is C13H13F2N3O. The number of halogens is 2. The highest BCUT2D eigenvalue weighted by Crippen LogP contribution is 2.26. The second kappa shape index (κ2) is 5.73. The van der Waals surface area contributed by atoms with Gasteiger partial charge in [-0.2, -0.15) is 0 Å². The van der Waals surface area contributed by atoms with Crippen LogP contribution in [-0.2, 0) is 0 Å². The fraction of sp³-hybridized carbons (Fsp3) is 0.154. The highest BCUT2D eigenvalue weighted by atomic mass is 19.1. The third kappa shape index (κ3) is 2.69. The predicted octanol–water partition coefficient (Wildman–Crippen LogP) is 1.92. The summed E-state index contributed by atoms with van der Waals surface area (Å²) < 4.78 is 32.2. The molecule has 0 amide bonds. The first-order valence-corrected chi connectivity index (χ1v) is 5.57. The number of hydrogen-bond donors (Lipinski definition) is 2. The van der Waals surface area contributed by atoms with Gasteiger partial charge in [-0.25, -0.2) is 14.2 Å². The monoisotopic (exact) mass is 265 g/mol. The largest absolute Gasteiger partial charge is 0.494 e. The fourth-order valence-electron chi connectivity index (χ4n) is 1.81. The minimum atomic E-state index is -0.735. The molecule has 1 atom stereocenters. The van der Waals surface area contributed by atoms with Crippen molar-refractivity contribution >= 4 is 0 Å². The average Bonchev–Trinajstić information content (AvgIpc) is 2.42. The summed E-state index contributed by atoms with van der Waals surface area (Å²) in [5, 5.41) is 0. The van der Waals surface area contributed by atoms with Gasteiger partial charge < -0.3 is 4.74 Å². The van der Waals surface area contributed by atoms with Gasteiger partial charge in [-0.1, -0.05) is 6.07 Å². The molecule has 0 aliphatic heterocycles. The lowest BCUT2D eigenvalue weighted by Gasteiger charge is -2.17. The van der Waals surface area contributed by atoms with E-state index in [1.165, 1.54) is 37.6 Å². The van der Waals surface area contributed by atoms with E-state index in [0.29, 0.717) is 5.56 Å². The Morgan fingerprint density at radius 3 is 2.63 bits per heavy atom. The van der Waals surface area contributed by atoms with Crippen molar-refractivity contribution in [3.63, 3.8) is 0 Å². The van der Waals surface area contributed by atoms with Gasteiger partial charge in [0, 0.05) is 6.20 Å². The van der Waals surface area contributed by atoms with Crippen molar-refractivity contribution in [1.29, 1.82) is 0 Å². The normalized spacial score (nSPS) is 12.2. The van der Waals surface area contributed by atoms with Gasteiger partial charge in [0.25, 0.3) is 0 Å². The maximum Gasteiger partial charge on any atom is 0.165 e. The fourth-order valence-corrected chi connectivity index (χ4v) is 1.81. The average molecular weight is 265 g/mol. The third-order valence-electron chi connectivity index (χ3n) is 2.74. The molecule has 1 aromatic carbocycles. The van der Waals surface area contributed by atoms with Crippen LogP contribution >= 0.6 is 0 Å². The molecule has 1 heterocycles. The zero-order valence-corrected chi connectivity index (χ0v) is 10.2. The van der Waals surface area contributed by atoms with Crippen molar-refractivity contribution in [3.8, 4) is 5.75 Å². The van der Waals surface area contributed by atoms with E-state index in [2.05, 4.69) is 10.4 Å². The summed E-state index contributed by atoms with van der Waals surface area (Å²) in [7, 11) is 1.37. The first-order chi connectivity index (χ1) is 9.17. The molecular weight excluding hydrogens is 252 g/mol. The summed E-state index contributed by atoms with van der Waals surface area (Å²) >= 11 is 0. The zero-order valence-electron chi connectivity index (χ0n) is 10.2. The molecule has 0 radical (unpaired) electrons. The number of benzene rings is 1. The summed E-state index contributed by atoms with van der Waals surface area (Å²) in [5.74, 6) is 4.47. The SMILES string of the molecule is COc1ccc(C(NN)c2ncccc2F)cc1F. The van der Waals surface area contributed by atoms with Crippen LogP contribution < -0.4 is 16.0 Å². The van der Waals surface area contributed by atoms with E-state index in [-0.39, 0.29) is 11.4 Å². The molecule has 4 nitrogen and oxygen atoms in total. The predicted molar refractivity (Wildman–Crippen MR) is 66.3 cm³/mol. The van der Waals surface area contributed by atoms with Crippen molar-refractivity contribution in [1.82, 2.24) is 10.4 Å². The van der Waals surface area contributed by atoms with Crippen LogP contribution in [-0.4, -0.2) is 12.1 Å². The molecule has 19 heavy (non-hydrogen) atoms. The van der Waals surface area contributed by atoms with Crippen LogP contribution in [0.5, 0.6) is 5.75 Å². The Kier molecular flexibility index (Phi) is 4.03. The van der Waals surface area contributed by atoms with Crippen LogP contribution in [0.15, 0.2) is 36.5 Å². The number of nitrogens with two attached hydrogens (primary N) is 1. The Bertz CT molecular complexity index is 578. The van der Waals surface area contributed by atoms with Gasteiger partial charge >= 0.3 is 0 Å². The van der Waals surface area contributed by atoms with Crippen LogP contribution in [0.1, 0.15) is 17.3 Å². The van der Waals surface area contributed by atoms with Gasteiger partial charge in [0.05, 0.1) is 18.8 Å². The van der Waals surface area contributed by atoms with Gasteiger partial charge in [-0.05, 0) is 29.8 Å². The van der Waals surface area contributed by atoms with Crippen molar-refractivity contribution in [3.05, 3.63) is 59.4 Å². The minimum absolute atomic E-state index is 0.106. The third-order valence-corrected chi connectivity index (χ3v) is 2.74. The van der Waals surface area contributed by atoms with Crippen LogP contribution in [0.2, 0.25) is 0 Å². The molecule has 0 saturated heterocycles. The molecule has 3 N–H and O–H groups in total. The Labute approximate surface area is 109 Å². The molecule has 0 saturated carbocycles. The van der Waals surface area contributed by atoms with Crippen LogP contribution in [0.3, 0.4) is 0 Å². The summed E-state index contributed by atoms with van der Waals surface area (Å²) in [6, 6.07) is 6.29. The number of hydrazine groups is 1. The summed E-state index contributed by atoms with van der Waals surface area (Å²) in [4.78, 5) is 3.93. The minimum Gasteiger partial charge on any atom is -0.494 e. The maximum absolute atomic E-state index is 13.7. The summed E-state index contributed by atoms with van der Waals surface area (Å²) in [6.45, 7) is 0. The number of nitrogens with zero attached hydrogens (tertiary/aromatic N) is 1. The number of pyridine rings is 1. The van der Waals surface area contributed by atoms with E-state index in [1.54, 1.807) is 6.07 Å². The lowest BCUT2D eigenvalue weighted by Crippen LogP contribution is -2.30. The second-order valence-corrected chi connectivity index (χ2v) is 3.86. The number of ether oxygens (including phenoxy) is 1. The first-order valence-electron chi connectivity index (χ1n) is 5.57. The molecule has 0 bridgehead atoms. The van der Waals surface area contributed by atoms with Crippen LogP contribution in [0.25, 0.3) is 0 Å². The molecule has 1 aromatic heterocycles. The highest BCUT2D eigenvalue weighted by molar-refractivity contribution is 5.34. The molecule has 6 heteroatoms.